The second kappa shape index (κ2) is 27.3. The van der Waals surface area contributed by atoms with E-state index < -0.39 is 12.2 Å². The van der Waals surface area contributed by atoms with Crippen molar-refractivity contribution in [2.45, 2.75) is 109 Å². The summed E-state index contributed by atoms with van der Waals surface area (Å²) in [6.45, 7) is 5.84. The number of H-pyrrole nitrogens is 1. The van der Waals surface area contributed by atoms with Crippen LogP contribution in [0.2, 0.25) is 10.0 Å². The van der Waals surface area contributed by atoms with Crippen molar-refractivity contribution in [3.05, 3.63) is 121 Å². The van der Waals surface area contributed by atoms with Crippen molar-refractivity contribution in [3.63, 3.8) is 0 Å². The average molecular weight is 1120 g/mol. The Hall–Kier alpha value is -6.90. The molecule has 5 heterocycles. The van der Waals surface area contributed by atoms with Gasteiger partial charge in [0.05, 0.1) is 46.3 Å². The van der Waals surface area contributed by atoms with E-state index in [2.05, 4.69) is 36.0 Å². The quantitative estimate of drug-likeness (QED) is 0.0253. The summed E-state index contributed by atoms with van der Waals surface area (Å²) in [6.07, 6.45) is 11.2. The molecule has 0 unspecified atom stereocenters. The number of aromatic nitrogens is 5. The average Bonchev–Trinajstić information content (AvgIpc) is 4.26. The largest absolute Gasteiger partial charge is 0.398 e. The first-order valence-corrected chi connectivity index (χ1v) is 28.0. The summed E-state index contributed by atoms with van der Waals surface area (Å²) in [5.74, 6) is -0.223. The maximum absolute atomic E-state index is 13.7. The van der Waals surface area contributed by atoms with Gasteiger partial charge in [-0.3, -0.25) is 38.2 Å². The van der Waals surface area contributed by atoms with Gasteiger partial charge in [-0.25, -0.2) is 4.98 Å². The molecule has 79 heavy (non-hydrogen) atoms. The van der Waals surface area contributed by atoms with E-state index in [1.165, 1.54) is 10.9 Å². The van der Waals surface area contributed by atoms with Gasteiger partial charge in [0.1, 0.15) is 12.1 Å². The van der Waals surface area contributed by atoms with E-state index in [0.29, 0.717) is 123 Å². The van der Waals surface area contributed by atoms with Crippen LogP contribution in [0.3, 0.4) is 0 Å². The maximum Gasteiger partial charge on any atom is 0.281 e. The van der Waals surface area contributed by atoms with Gasteiger partial charge >= 0.3 is 0 Å². The number of hydrogen-bond acceptors (Lipinski definition) is 12. The van der Waals surface area contributed by atoms with Crippen molar-refractivity contribution in [2.24, 2.45) is 17.8 Å². The predicted octanol–water partition coefficient (Wildman–Crippen LogP) is 6.13. The molecule has 0 radical (unpaired) electrons. The fourth-order valence-electron chi connectivity index (χ4n) is 10.5. The van der Waals surface area contributed by atoms with Crippen LogP contribution in [0.5, 0.6) is 0 Å². The minimum atomic E-state index is -1.15. The smallest absolute Gasteiger partial charge is 0.281 e. The number of nitrogens with two attached hydrogens (primary N) is 1. The Morgan fingerprint density at radius 2 is 1.61 bits per heavy atom. The van der Waals surface area contributed by atoms with Crippen LogP contribution in [0.15, 0.2) is 82.9 Å². The van der Waals surface area contributed by atoms with E-state index in [0.717, 1.165) is 77.7 Å². The number of halogens is 2. The second-order valence-corrected chi connectivity index (χ2v) is 21.5. The molecule has 0 spiro atoms. The normalized spacial score (nSPS) is 15.0. The van der Waals surface area contributed by atoms with Gasteiger partial charge in [-0.2, -0.15) is 5.10 Å². The fraction of sp³-hybridized carbons (Fsp3) is 0.448. The Kier molecular flexibility index (Phi) is 20.1. The first-order chi connectivity index (χ1) is 38.1. The van der Waals surface area contributed by atoms with Gasteiger partial charge in [0.25, 0.3) is 5.56 Å². The third kappa shape index (κ3) is 14.9. The molecule has 1 saturated heterocycles. The molecule has 3 aromatic carbocycles. The highest BCUT2D eigenvalue weighted by molar-refractivity contribution is 6.45. The molecular weight excluding hydrogens is 1050 g/mol. The number of nitrogens with one attached hydrogen (secondary N) is 4. The number of aliphatic hydroxyl groups is 2. The standard InChI is InChI=1S/C58H72Cl2N12O7/c1-38(40-11-6-5-7-12-40)31-49(76)70-29-21-58(79,22-30-70)36-72-37-66-54-55(57(72)78)68-69(2)56(54)41-17-15-39(16-18-41)33-63-23-10-24-64-47(74)13-8-3-4-9-14-48(75)65-27-26-62-25-19-45(61)42-32-44(59)52(60)53-51(42)43-34-71(50(77)35-73)28-20-46(43)67-53/h5-7,11-12,15-19,25,32,37-38,63,67,73,79H,3-4,8-10,13-14,20-24,26-31,33-36,61H2,1-2H3,(H,64,74)(H,65,75)/b45-19-,62-25?/t38-/m1/s1. The third-order valence-corrected chi connectivity index (χ3v) is 15.8. The number of carbonyl (C=O) groups is 4. The number of piperidine rings is 1. The van der Waals surface area contributed by atoms with Gasteiger partial charge < -0.3 is 46.7 Å². The Morgan fingerprint density at radius 1 is 0.899 bits per heavy atom. The van der Waals surface area contributed by atoms with E-state index >= 15 is 0 Å². The summed E-state index contributed by atoms with van der Waals surface area (Å²) in [6, 6.07) is 19.7. The Balaban J connectivity index is 0.667. The summed E-state index contributed by atoms with van der Waals surface area (Å²) < 4.78 is 3.10. The molecule has 8 N–H and O–H groups in total. The zero-order valence-electron chi connectivity index (χ0n) is 45.0. The van der Waals surface area contributed by atoms with Crippen LogP contribution in [0.1, 0.15) is 105 Å². The van der Waals surface area contributed by atoms with Crippen molar-refractivity contribution in [1.29, 1.82) is 0 Å². The molecule has 21 heteroatoms. The lowest BCUT2D eigenvalue weighted by molar-refractivity contribution is -0.136. The van der Waals surface area contributed by atoms with Gasteiger partial charge in [-0.15, -0.1) is 0 Å². The number of rotatable bonds is 25. The van der Waals surface area contributed by atoms with Crippen LogP contribution >= 0.6 is 23.2 Å². The second-order valence-electron chi connectivity index (χ2n) is 20.8. The summed E-state index contributed by atoms with van der Waals surface area (Å²) in [7, 11) is 1.79. The minimum Gasteiger partial charge on any atom is -0.398 e. The molecule has 3 aromatic heterocycles. The Bertz CT molecular complexity index is 3240. The highest BCUT2D eigenvalue weighted by Crippen LogP contribution is 2.40. The number of hydrogen-bond donors (Lipinski definition) is 7. The van der Waals surface area contributed by atoms with Gasteiger partial charge in [0, 0.05) is 118 Å². The lowest BCUT2D eigenvalue weighted by atomic mass is 9.90. The molecule has 0 aliphatic carbocycles. The minimum absolute atomic E-state index is 0.0193. The van der Waals surface area contributed by atoms with Crippen LogP contribution < -0.4 is 27.2 Å². The molecule has 420 valence electrons. The Morgan fingerprint density at radius 3 is 2.32 bits per heavy atom. The summed E-state index contributed by atoms with van der Waals surface area (Å²) >= 11 is 13.0. The van der Waals surface area contributed by atoms with Gasteiger partial charge in [0.2, 0.25) is 23.6 Å². The maximum atomic E-state index is 13.7. The van der Waals surface area contributed by atoms with Crippen molar-refractivity contribution in [2.75, 3.05) is 52.4 Å². The number of carbonyl (C=O) groups excluding carboxylic acids is 4. The number of allylic oxidation sites excluding steroid dienone is 1. The van der Waals surface area contributed by atoms with Crippen molar-refractivity contribution in [3.8, 4) is 11.3 Å². The highest BCUT2D eigenvalue weighted by atomic mass is 35.5. The van der Waals surface area contributed by atoms with Crippen molar-refractivity contribution in [1.82, 2.24) is 50.1 Å². The van der Waals surface area contributed by atoms with Gasteiger partial charge in [0.15, 0.2) is 5.52 Å². The molecular formula is C58H72Cl2N12O7. The number of amides is 4. The molecule has 2 aliphatic rings. The lowest BCUT2D eigenvalue weighted by Gasteiger charge is -2.38. The topological polar surface area (TPSA) is 258 Å². The molecule has 6 aromatic rings. The number of benzene rings is 3. The number of aromatic amines is 1. The number of likely N-dealkylation sites (tertiary alicyclic amines) is 1. The van der Waals surface area contributed by atoms with E-state index in [-0.39, 0.29) is 47.2 Å². The third-order valence-electron chi connectivity index (χ3n) is 15.0. The molecule has 1 atom stereocenters. The van der Waals surface area contributed by atoms with Crippen LogP contribution in [-0.2, 0) is 52.3 Å². The molecule has 1 fully saturated rings. The predicted molar refractivity (Wildman–Crippen MR) is 309 cm³/mol. The van der Waals surface area contributed by atoms with E-state index in [4.69, 9.17) is 28.9 Å². The number of aliphatic imine (C=N–C) groups is 1. The zero-order valence-corrected chi connectivity index (χ0v) is 46.6. The zero-order chi connectivity index (χ0) is 56.1. The monoisotopic (exact) mass is 1120 g/mol. The summed E-state index contributed by atoms with van der Waals surface area (Å²) in [5.41, 5.74) is 13.0. The van der Waals surface area contributed by atoms with Crippen molar-refractivity contribution >= 4 is 80.7 Å². The molecule has 8 rings (SSSR count). The lowest BCUT2D eigenvalue weighted by Crippen LogP contribution is -2.49. The molecule has 4 amide bonds. The Labute approximate surface area is 469 Å². The van der Waals surface area contributed by atoms with Gasteiger partial charge in [-0.1, -0.05) is 97.6 Å². The fourth-order valence-corrected chi connectivity index (χ4v) is 10.9. The number of nitrogens with zero attached hydrogens (tertiary/aromatic N) is 7. The number of aryl methyl sites for hydroxylation is 1. The van der Waals surface area contributed by atoms with Crippen LogP contribution in [0, 0.1) is 0 Å². The van der Waals surface area contributed by atoms with Gasteiger partial charge in [-0.05, 0) is 67.8 Å². The molecule has 0 saturated carbocycles. The van der Waals surface area contributed by atoms with E-state index in [1.807, 2.05) is 66.4 Å². The van der Waals surface area contributed by atoms with Crippen molar-refractivity contribution < 1.29 is 29.4 Å². The summed E-state index contributed by atoms with van der Waals surface area (Å²) in [5, 5.41) is 36.3. The van der Waals surface area contributed by atoms with Crippen LogP contribution in [0.4, 0.5) is 0 Å². The number of unbranched alkanes of at least 4 members (excludes halogenated alkanes) is 3. The molecule has 19 nitrogen and oxygen atoms in total. The number of fused-ring (bicyclic) bond motifs is 4. The highest BCUT2D eigenvalue weighted by Gasteiger charge is 2.35. The molecule has 2 aliphatic heterocycles. The van der Waals surface area contributed by atoms with E-state index in [1.54, 1.807) is 35.0 Å². The van der Waals surface area contributed by atoms with Crippen LogP contribution in [0.25, 0.3) is 38.9 Å². The van der Waals surface area contributed by atoms with Crippen LogP contribution in [-0.4, -0.2) is 132 Å². The van der Waals surface area contributed by atoms with E-state index in [9.17, 15) is 34.2 Å². The number of aliphatic hydroxyl groups excluding tert-OH is 1. The first-order valence-electron chi connectivity index (χ1n) is 27.3. The molecule has 0 bridgehead atoms. The summed E-state index contributed by atoms with van der Waals surface area (Å²) in [4.78, 5) is 79.7. The first kappa shape index (κ1) is 58.3. The SMILES string of the molecule is C[C@H](CC(=O)N1CCC(O)(Cn2cnc3c(-c4ccc(CNCCCNC(=O)CCCCCCC(=O)NCCN=C/C=C(\N)c5cc(Cl)c(Cl)c6[nH]c7c(c56)CN(C(=O)CO)CC7)cc4)n(C)nc3c2=O)CC1)c1ccccc1.